The molecular weight excluding hydrogens is 456 g/mol. The Labute approximate surface area is 202 Å². The van der Waals surface area contributed by atoms with Gasteiger partial charge in [-0.3, -0.25) is 9.59 Å². The Hall–Kier alpha value is -3.26. The number of methoxy groups -OCH3 is 2. The molecule has 2 fully saturated rings. The highest BCUT2D eigenvalue weighted by atomic mass is 35.5. The smallest absolute Gasteiger partial charge is 0.228 e. The van der Waals surface area contributed by atoms with Gasteiger partial charge in [-0.1, -0.05) is 23.7 Å². The fourth-order valence-electron chi connectivity index (χ4n) is 4.99. The van der Waals surface area contributed by atoms with Crippen molar-refractivity contribution in [2.24, 2.45) is 5.92 Å². The van der Waals surface area contributed by atoms with Gasteiger partial charge in [0.1, 0.15) is 17.3 Å². The van der Waals surface area contributed by atoms with Gasteiger partial charge in [0, 0.05) is 38.0 Å². The van der Waals surface area contributed by atoms with Gasteiger partial charge in [0.2, 0.25) is 11.8 Å². The number of aromatic amines is 1. The molecule has 0 radical (unpaired) electrons. The number of rotatable bonds is 5. The van der Waals surface area contributed by atoms with Crippen LogP contribution < -0.4 is 14.4 Å². The summed E-state index contributed by atoms with van der Waals surface area (Å²) in [4.78, 5) is 38.0. The van der Waals surface area contributed by atoms with Crippen molar-refractivity contribution in [3.63, 3.8) is 0 Å². The van der Waals surface area contributed by atoms with Crippen LogP contribution in [-0.4, -0.2) is 60.5 Å². The molecule has 9 heteroatoms. The monoisotopic (exact) mass is 482 g/mol. The number of halogens is 1. The number of carbonyl (C=O) groups excluding carboxylic acids is 2. The Kier molecular flexibility index (Phi) is 6.08. The van der Waals surface area contributed by atoms with Crippen molar-refractivity contribution in [3.8, 4) is 11.5 Å². The zero-order valence-electron chi connectivity index (χ0n) is 19.2. The molecule has 3 heterocycles. The Morgan fingerprint density at radius 1 is 1.15 bits per heavy atom. The number of nitrogens with zero attached hydrogens (tertiary/aromatic N) is 3. The van der Waals surface area contributed by atoms with Crippen LogP contribution >= 0.6 is 11.6 Å². The molecule has 0 bridgehead atoms. The molecule has 178 valence electrons. The van der Waals surface area contributed by atoms with Crippen molar-refractivity contribution < 1.29 is 19.1 Å². The number of H-pyrrole nitrogens is 1. The quantitative estimate of drug-likeness (QED) is 0.594. The van der Waals surface area contributed by atoms with Gasteiger partial charge in [0.05, 0.1) is 41.9 Å². The molecule has 0 spiro atoms. The topological polar surface area (TPSA) is 87.8 Å². The molecule has 2 saturated heterocycles. The summed E-state index contributed by atoms with van der Waals surface area (Å²) in [7, 11) is 3.05. The fourth-order valence-corrected chi connectivity index (χ4v) is 5.22. The van der Waals surface area contributed by atoms with Gasteiger partial charge in [-0.15, -0.1) is 0 Å². The zero-order valence-corrected chi connectivity index (χ0v) is 20.0. The Morgan fingerprint density at radius 3 is 2.71 bits per heavy atom. The number of hydrogen-bond donors (Lipinski definition) is 1. The molecule has 5 rings (SSSR count). The lowest BCUT2D eigenvalue weighted by molar-refractivity contribution is -0.137. The molecular formula is C25H27ClN4O4. The number of carbonyl (C=O) groups is 2. The van der Waals surface area contributed by atoms with E-state index in [9.17, 15) is 9.59 Å². The van der Waals surface area contributed by atoms with Crippen LogP contribution in [0.15, 0.2) is 36.4 Å². The number of aromatic nitrogens is 2. The molecule has 0 aliphatic carbocycles. The lowest BCUT2D eigenvalue weighted by atomic mass is 9.95. The van der Waals surface area contributed by atoms with E-state index in [0.29, 0.717) is 41.8 Å². The van der Waals surface area contributed by atoms with Crippen molar-refractivity contribution in [2.45, 2.75) is 25.2 Å². The largest absolute Gasteiger partial charge is 0.495 e. The van der Waals surface area contributed by atoms with Crippen LogP contribution in [-0.2, 0) is 9.59 Å². The molecule has 34 heavy (non-hydrogen) atoms. The standard InChI is InChI=1S/C25H27ClN4O4/c1-33-21-12-22(34-2)20(11-17(21)26)30-14-16(10-23(30)31)25(32)29-9-5-6-15(13-29)24-27-18-7-3-4-8-19(18)28-24/h3-4,7-8,11-12,15-16H,5-6,9-10,13-14H2,1-2H3,(H,27,28)/t15-,16+/m0/s1. The van der Waals surface area contributed by atoms with Crippen molar-refractivity contribution in [3.05, 3.63) is 47.2 Å². The second kappa shape index (κ2) is 9.18. The van der Waals surface area contributed by atoms with E-state index in [1.165, 1.54) is 14.2 Å². The third kappa shape index (κ3) is 4.07. The number of benzene rings is 2. The predicted molar refractivity (Wildman–Crippen MR) is 130 cm³/mol. The van der Waals surface area contributed by atoms with Crippen LogP contribution in [0.5, 0.6) is 11.5 Å². The molecule has 1 aromatic heterocycles. The zero-order chi connectivity index (χ0) is 23.8. The summed E-state index contributed by atoms with van der Waals surface area (Å²) in [6.45, 7) is 1.58. The summed E-state index contributed by atoms with van der Waals surface area (Å²) in [6.07, 6.45) is 2.04. The fraction of sp³-hybridized carbons (Fsp3) is 0.400. The van der Waals surface area contributed by atoms with E-state index in [-0.39, 0.29) is 24.2 Å². The van der Waals surface area contributed by atoms with E-state index >= 15 is 0 Å². The summed E-state index contributed by atoms with van der Waals surface area (Å²) >= 11 is 6.31. The van der Waals surface area contributed by atoms with Crippen LogP contribution in [0.4, 0.5) is 5.69 Å². The highest BCUT2D eigenvalue weighted by Gasteiger charge is 2.40. The predicted octanol–water partition coefficient (Wildman–Crippen LogP) is 3.99. The van der Waals surface area contributed by atoms with Gasteiger partial charge in [-0.05, 0) is 31.0 Å². The molecule has 2 aliphatic heterocycles. The summed E-state index contributed by atoms with van der Waals surface area (Å²) in [5.41, 5.74) is 2.49. The molecule has 3 aromatic rings. The third-order valence-corrected chi connectivity index (χ3v) is 7.04. The second-order valence-corrected chi connectivity index (χ2v) is 9.23. The average Bonchev–Trinajstić information content (AvgIpc) is 3.47. The molecule has 1 N–H and O–H groups in total. The van der Waals surface area contributed by atoms with Crippen molar-refractivity contribution in [2.75, 3.05) is 38.8 Å². The molecule has 2 aliphatic rings. The average molecular weight is 483 g/mol. The number of piperidine rings is 1. The first kappa shape index (κ1) is 22.5. The van der Waals surface area contributed by atoms with Crippen molar-refractivity contribution in [1.29, 1.82) is 0 Å². The molecule has 0 unspecified atom stereocenters. The maximum Gasteiger partial charge on any atom is 0.228 e. The summed E-state index contributed by atoms with van der Waals surface area (Å²) in [5, 5.41) is 0.380. The number of likely N-dealkylation sites (tertiary alicyclic amines) is 1. The van der Waals surface area contributed by atoms with Gasteiger partial charge < -0.3 is 24.3 Å². The van der Waals surface area contributed by atoms with Crippen LogP contribution in [0.2, 0.25) is 5.02 Å². The first-order chi connectivity index (χ1) is 16.5. The summed E-state index contributed by atoms with van der Waals surface area (Å²) in [5.74, 6) is 1.49. The molecule has 2 atom stereocenters. The van der Waals surface area contributed by atoms with Crippen LogP contribution in [0, 0.1) is 5.92 Å². The minimum atomic E-state index is -0.410. The number of ether oxygens (including phenoxy) is 2. The maximum absolute atomic E-state index is 13.4. The minimum Gasteiger partial charge on any atom is -0.495 e. The number of imidazole rings is 1. The van der Waals surface area contributed by atoms with E-state index in [4.69, 9.17) is 26.1 Å². The number of fused-ring (bicyclic) bond motifs is 1. The molecule has 2 aromatic carbocycles. The highest BCUT2D eigenvalue weighted by molar-refractivity contribution is 6.32. The molecule has 0 saturated carbocycles. The molecule has 2 amide bonds. The molecule has 8 nitrogen and oxygen atoms in total. The van der Waals surface area contributed by atoms with Crippen molar-refractivity contribution in [1.82, 2.24) is 14.9 Å². The number of para-hydroxylation sites is 2. The number of anilines is 1. The highest BCUT2D eigenvalue weighted by Crippen LogP contribution is 2.40. The minimum absolute atomic E-state index is 0.00948. The van der Waals surface area contributed by atoms with Gasteiger partial charge in [0.25, 0.3) is 0 Å². The second-order valence-electron chi connectivity index (χ2n) is 8.83. The maximum atomic E-state index is 13.4. The Bertz CT molecular complexity index is 1210. The number of hydrogen-bond acceptors (Lipinski definition) is 5. The normalized spacial score (nSPS) is 20.7. The first-order valence-corrected chi connectivity index (χ1v) is 11.8. The number of amides is 2. The van der Waals surface area contributed by atoms with E-state index in [1.54, 1.807) is 17.0 Å². The third-order valence-electron chi connectivity index (χ3n) is 6.75. The Balaban J connectivity index is 1.31. The number of nitrogens with one attached hydrogen (secondary N) is 1. The summed E-state index contributed by atoms with van der Waals surface area (Å²) in [6, 6.07) is 11.3. The lowest BCUT2D eigenvalue weighted by Crippen LogP contribution is -2.43. The van der Waals surface area contributed by atoms with E-state index in [0.717, 1.165) is 29.7 Å². The first-order valence-electron chi connectivity index (χ1n) is 11.4. The van der Waals surface area contributed by atoms with Crippen LogP contribution in [0.3, 0.4) is 0 Å². The summed E-state index contributed by atoms with van der Waals surface area (Å²) < 4.78 is 10.7. The van der Waals surface area contributed by atoms with Gasteiger partial charge in [-0.25, -0.2) is 4.98 Å². The van der Waals surface area contributed by atoms with Gasteiger partial charge in [0.15, 0.2) is 0 Å². The van der Waals surface area contributed by atoms with Crippen LogP contribution in [0.1, 0.15) is 31.0 Å². The van der Waals surface area contributed by atoms with E-state index < -0.39 is 5.92 Å². The van der Waals surface area contributed by atoms with Gasteiger partial charge in [-0.2, -0.15) is 0 Å². The lowest BCUT2D eigenvalue weighted by Gasteiger charge is -2.33. The van der Waals surface area contributed by atoms with Crippen molar-refractivity contribution >= 4 is 40.1 Å². The van der Waals surface area contributed by atoms with Crippen LogP contribution in [0.25, 0.3) is 11.0 Å². The SMILES string of the molecule is COc1cc(OC)c(N2C[C@H](C(=O)N3CCC[C@H](c4nc5ccccc5[nH]4)C3)CC2=O)cc1Cl. The Morgan fingerprint density at radius 2 is 1.94 bits per heavy atom. The van der Waals surface area contributed by atoms with Gasteiger partial charge >= 0.3 is 0 Å². The van der Waals surface area contributed by atoms with E-state index in [1.807, 2.05) is 29.2 Å². The van der Waals surface area contributed by atoms with E-state index in [2.05, 4.69) is 4.98 Å².